The Bertz CT molecular complexity index is 168. The van der Waals surface area contributed by atoms with Gasteiger partial charge in [0.2, 0.25) is 0 Å². The zero-order valence-electron chi connectivity index (χ0n) is 7.78. The maximum atomic E-state index is 2.35. The molecule has 10 heavy (non-hydrogen) atoms. The third-order valence-electron chi connectivity index (χ3n) is 3.12. The van der Waals surface area contributed by atoms with E-state index < -0.39 is 0 Å². The van der Waals surface area contributed by atoms with Crippen LogP contribution in [0.1, 0.15) is 41.0 Å². The van der Waals surface area contributed by atoms with Crippen LogP contribution in [0.4, 0.5) is 0 Å². The van der Waals surface area contributed by atoms with Gasteiger partial charge in [-0.2, -0.15) is 0 Å². The van der Waals surface area contributed by atoms with Gasteiger partial charge >= 0.3 is 0 Å². The van der Waals surface area contributed by atoms with Gasteiger partial charge in [-0.25, -0.2) is 0 Å². The van der Waals surface area contributed by atoms with Crippen molar-refractivity contribution in [2.45, 2.75) is 41.0 Å². The van der Waals surface area contributed by atoms with E-state index in [9.17, 15) is 0 Å². The van der Waals surface area contributed by atoms with E-state index in [2.05, 4.69) is 34.6 Å². The molecule has 58 valence electrons. The van der Waals surface area contributed by atoms with Gasteiger partial charge < -0.3 is 0 Å². The van der Waals surface area contributed by atoms with Crippen LogP contribution in [0.2, 0.25) is 0 Å². The van der Waals surface area contributed by atoms with Crippen LogP contribution in [0.5, 0.6) is 0 Å². The predicted molar refractivity (Wildman–Crippen MR) is 45.9 cm³/mol. The maximum absolute atomic E-state index is 2.35. The second-order valence-electron chi connectivity index (χ2n) is 4.31. The molecular formula is C10H18. The Kier molecular flexibility index (Phi) is 1.66. The molecule has 0 saturated heterocycles. The normalized spacial score (nSPS) is 29.7. The second kappa shape index (κ2) is 2.11. The van der Waals surface area contributed by atoms with Gasteiger partial charge in [0.25, 0.3) is 0 Å². The van der Waals surface area contributed by atoms with E-state index in [4.69, 9.17) is 0 Å². The van der Waals surface area contributed by atoms with Crippen LogP contribution >= 0.6 is 0 Å². The molecule has 0 heterocycles. The first-order valence-corrected chi connectivity index (χ1v) is 4.13. The van der Waals surface area contributed by atoms with Crippen LogP contribution in [0, 0.1) is 11.3 Å². The lowest BCUT2D eigenvalue weighted by Gasteiger charge is -2.47. The summed E-state index contributed by atoms with van der Waals surface area (Å²) in [5.74, 6) is 0.886. The highest BCUT2D eigenvalue weighted by atomic mass is 14.4. The molecule has 1 aliphatic carbocycles. The Hall–Kier alpha value is -0.260. The average Bonchev–Trinajstić information content (AvgIpc) is 1.82. The fraction of sp³-hybridized carbons (Fsp3) is 0.800. The fourth-order valence-electron chi connectivity index (χ4n) is 1.84. The molecule has 0 amide bonds. The Morgan fingerprint density at radius 2 is 1.90 bits per heavy atom. The molecule has 0 aromatic rings. The van der Waals surface area contributed by atoms with Crippen LogP contribution in [0.25, 0.3) is 0 Å². The number of hydrogen-bond donors (Lipinski definition) is 0. The molecule has 0 unspecified atom stereocenters. The maximum Gasteiger partial charge on any atom is -0.0113 e. The van der Waals surface area contributed by atoms with Crippen LogP contribution in [-0.2, 0) is 0 Å². The first-order valence-electron chi connectivity index (χ1n) is 4.13. The smallest absolute Gasteiger partial charge is 0.0113 e. The molecule has 1 fully saturated rings. The molecule has 0 N–H and O–H groups in total. The SMILES string of the molecule is CC(C)=C1C[C@@H](C)C1(C)C. The Labute approximate surface area is 64.3 Å². The van der Waals surface area contributed by atoms with Gasteiger partial charge in [0.15, 0.2) is 0 Å². The van der Waals surface area contributed by atoms with E-state index in [1.807, 2.05) is 0 Å². The Morgan fingerprint density at radius 3 is 2.00 bits per heavy atom. The minimum Gasteiger partial charge on any atom is -0.0767 e. The fourth-order valence-corrected chi connectivity index (χ4v) is 1.84. The number of rotatable bonds is 0. The molecule has 1 saturated carbocycles. The average molecular weight is 138 g/mol. The van der Waals surface area contributed by atoms with Gasteiger partial charge in [-0.3, -0.25) is 0 Å². The third kappa shape index (κ3) is 0.902. The van der Waals surface area contributed by atoms with Crippen molar-refractivity contribution < 1.29 is 0 Å². The summed E-state index contributed by atoms with van der Waals surface area (Å²) in [6, 6.07) is 0. The summed E-state index contributed by atoms with van der Waals surface area (Å²) >= 11 is 0. The van der Waals surface area contributed by atoms with E-state index in [1.54, 1.807) is 5.57 Å². The largest absolute Gasteiger partial charge is 0.0767 e. The van der Waals surface area contributed by atoms with Crippen molar-refractivity contribution in [3.63, 3.8) is 0 Å². The van der Waals surface area contributed by atoms with E-state index in [0.29, 0.717) is 5.41 Å². The monoisotopic (exact) mass is 138 g/mol. The van der Waals surface area contributed by atoms with Crippen molar-refractivity contribution in [1.82, 2.24) is 0 Å². The topological polar surface area (TPSA) is 0 Å². The van der Waals surface area contributed by atoms with E-state index in [1.165, 1.54) is 12.0 Å². The summed E-state index contributed by atoms with van der Waals surface area (Å²) < 4.78 is 0. The summed E-state index contributed by atoms with van der Waals surface area (Å²) in [6.45, 7) is 11.5. The molecule has 0 aliphatic heterocycles. The molecule has 0 spiro atoms. The highest BCUT2D eigenvalue weighted by Gasteiger charge is 2.40. The highest BCUT2D eigenvalue weighted by Crippen LogP contribution is 2.51. The summed E-state index contributed by atoms with van der Waals surface area (Å²) in [5.41, 5.74) is 3.71. The minimum absolute atomic E-state index is 0.499. The molecule has 1 atom stereocenters. The lowest BCUT2D eigenvalue weighted by Crippen LogP contribution is -2.36. The van der Waals surface area contributed by atoms with Gasteiger partial charge in [-0.1, -0.05) is 31.9 Å². The Morgan fingerprint density at radius 1 is 1.40 bits per heavy atom. The zero-order chi connectivity index (χ0) is 7.94. The third-order valence-corrected chi connectivity index (χ3v) is 3.12. The lowest BCUT2D eigenvalue weighted by atomic mass is 9.58. The molecular weight excluding hydrogens is 120 g/mol. The summed E-state index contributed by atoms with van der Waals surface area (Å²) in [4.78, 5) is 0. The van der Waals surface area contributed by atoms with Crippen molar-refractivity contribution >= 4 is 0 Å². The number of allylic oxidation sites excluding steroid dienone is 2. The van der Waals surface area contributed by atoms with Gasteiger partial charge in [-0.15, -0.1) is 0 Å². The van der Waals surface area contributed by atoms with Crippen molar-refractivity contribution in [1.29, 1.82) is 0 Å². The van der Waals surface area contributed by atoms with Crippen molar-refractivity contribution in [3.05, 3.63) is 11.1 Å². The van der Waals surface area contributed by atoms with Crippen LogP contribution in [-0.4, -0.2) is 0 Å². The van der Waals surface area contributed by atoms with Crippen LogP contribution in [0.3, 0.4) is 0 Å². The van der Waals surface area contributed by atoms with Crippen molar-refractivity contribution in [2.24, 2.45) is 11.3 Å². The van der Waals surface area contributed by atoms with E-state index in [-0.39, 0.29) is 0 Å². The van der Waals surface area contributed by atoms with E-state index >= 15 is 0 Å². The highest BCUT2D eigenvalue weighted by molar-refractivity contribution is 5.27. The van der Waals surface area contributed by atoms with Gasteiger partial charge in [0.1, 0.15) is 0 Å². The Balaban J connectivity index is 2.83. The molecule has 0 radical (unpaired) electrons. The summed E-state index contributed by atoms with van der Waals surface area (Å²) in [7, 11) is 0. The zero-order valence-corrected chi connectivity index (χ0v) is 7.78. The van der Waals surface area contributed by atoms with Crippen molar-refractivity contribution in [2.75, 3.05) is 0 Å². The molecule has 0 aromatic carbocycles. The quantitative estimate of drug-likeness (QED) is 0.450. The predicted octanol–water partition coefficient (Wildman–Crippen LogP) is 3.39. The molecule has 0 bridgehead atoms. The summed E-state index contributed by atoms with van der Waals surface area (Å²) in [6.07, 6.45) is 1.33. The molecule has 0 nitrogen and oxygen atoms in total. The van der Waals surface area contributed by atoms with Gasteiger partial charge in [0.05, 0.1) is 0 Å². The minimum atomic E-state index is 0.499. The molecule has 0 heteroatoms. The lowest BCUT2D eigenvalue weighted by molar-refractivity contribution is 0.183. The van der Waals surface area contributed by atoms with Crippen molar-refractivity contribution in [3.8, 4) is 0 Å². The van der Waals surface area contributed by atoms with Gasteiger partial charge in [0, 0.05) is 0 Å². The first-order chi connectivity index (χ1) is 4.46. The molecule has 0 aromatic heterocycles. The first kappa shape index (κ1) is 7.84. The molecule has 1 rings (SSSR count). The molecule has 1 aliphatic rings. The summed E-state index contributed by atoms with van der Waals surface area (Å²) in [5, 5.41) is 0. The number of hydrogen-bond acceptors (Lipinski definition) is 0. The van der Waals surface area contributed by atoms with Crippen LogP contribution in [0.15, 0.2) is 11.1 Å². The van der Waals surface area contributed by atoms with Gasteiger partial charge in [-0.05, 0) is 31.6 Å². The van der Waals surface area contributed by atoms with Crippen LogP contribution < -0.4 is 0 Å². The van der Waals surface area contributed by atoms with E-state index in [0.717, 1.165) is 5.92 Å². The standard InChI is InChI=1S/C10H18/c1-7(2)9-6-8(3)10(9,4)5/h8H,6H2,1-5H3/t8-/m1/s1. The second-order valence-corrected chi connectivity index (χ2v) is 4.31.